The molecule has 0 aromatic heterocycles. The number of alkyl halides is 3. The van der Waals surface area contributed by atoms with Gasteiger partial charge in [-0.15, -0.1) is 0 Å². The molecule has 2 bridgehead atoms. The molecule has 4 atom stereocenters. The summed E-state index contributed by atoms with van der Waals surface area (Å²) in [5.74, 6) is -3.82. The van der Waals surface area contributed by atoms with E-state index in [4.69, 9.17) is 16.3 Å². The number of carboxylic acid groups (broad SMARTS) is 1. The van der Waals surface area contributed by atoms with Crippen LogP contribution in [0.2, 0.25) is 5.02 Å². The molecule has 2 saturated heterocycles. The van der Waals surface area contributed by atoms with Crippen LogP contribution in [0.5, 0.6) is 0 Å². The van der Waals surface area contributed by atoms with Crippen LogP contribution < -0.4 is 4.90 Å². The number of anilines is 1. The molecule has 1 amide bonds. The number of halogens is 4. The highest BCUT2D eigenvalue weighted by molar-refractivity contribution is 6.34. The molecule has 1 spiro atoms. The molecular formula is C16H11ClF3NO4. The molecular weight excluding hydrogens is 363 g/mol. The zero-order valence-corrected chi connectivity index (χ0v) is 13.2. The smallest absolute Gasteiger partial charge is 0.416 e. The Hall–Kier alpha value is -2.06. The molecule has 25 heavy (non-hydrogen) atoms. The Morgan fingerprint density at radius 1 is 1.40 bits per heavy atom. The third-order valence-corrected chi connectivity index (χ3v) is 5.27. The van der Waals surface area contributed by atoms with Gasteiger partial charge in [0.1, 0.15) is 11.5 Å². The molecule has 1 aromatic rings. The van der Waals surface area contributed by atoms with Crippen LogP contribution in [0.3, 0.4) is 0 Å². The molecule has 1 aromatic carbocycles. The van der Waals surface area contributed by atoms with E-state index in [-0.39, 0.29) is 17.3 Å². The minimum absolute atomic E-state index is 0.0249. The normalized spacial score (nSPS) is 33.2. The highest BCUT2D eigenvalue weighted by Crippen LogP contribution is 2.53. The van der Waals surface area contributed by atoms with Crippen LogP contribution in [0.15, 0.2) is 30.4 Å². The molecule has 3 aliphatic heterocycles. The van der Waals surface area contributed by atoms with Crippen molar-refractivity contribution in [2.75, 3.05) is 11.4 Å². The van der Waals surface area contributed by atoms with Crippen molar-refractivity contribution < 1.29 is 32.6 Å². The molecule has 132 valence electrons. The lowest BCUT2D eigenvalue weighted by Gasteiger charge is -2.23. The number of carboxylic acids is 1. The predicted octanol–water partition coefficient (Wildman–Crippen LogP) is 2.73. The Balaban J connectivity index is 1.76. The number of ether oxygens (including phenoxy) is 1. The average molecular weight is 374 g/mol. The Bertz CT molecular complexity index is 824. The summed E-state index contributed by atoms with van der Waals surface area (Å²) in [4.78, 5) is 25.4. The molecule has 4 rings (SSSR count). The summed E-state index contributed by atoms with van der Waals surface area (Å²) in [5, 5.41) is 9.37. The van der Waals surface area contributed by atoms with Crippen LogP contribution >= 0.6 is 11.6 Å². The number of fused-ring (bicyclic) bond motifs is 1. The van der Waals surface area contributed by atoms with E-state index < -0.39 is 47.2 Å². The summed E-state index contributed by atoms with van der Waals surface area (Å²) < 4.78 is 44.6. The maximum absolute atomic E-state index is 13.0. The lowest BCUT2D eigenvalue weighted by Crippen LogP contribution is -2.39. The lowest BCUT2D eigenvalue weighted by molar-refractivity contribution is -0.146. The van der Waals surface area contributed by atoms with Gasteiger partial charge in [0.2, 0.25) is 5.91 Å². The Labute approximate surface area is 144 Å². The van der Waals surface area contributed by atoms with Gasteiger partial charge < -0.3 is 14.7 Å². The molecule has 0 saturated carbocycles. The van der Waals surface area contributed by atoms with Gasteiger partial charge in [0.15, 0.2) is 0 Å². The van der Waals surface area contributed by atoms with Gasteiger partial charge in [0, 0.05) is 0 Å². The van der Waals surface area contributed by atoms with E-state index in [2.05, 4.69) is 0 Å². The van der Waals surface area contributed by atoms with Gasteiger partial charge in [-0.2, -0.15) is 13.2 Å². The maximum atomic E-state index is 13.0. The summed E-state index contributed by atoms with van der Waals surface area (Å²) in [6, 6.07) is 2.69. The Morgan fingerprint density at radius 2 is 2.12 bits per heavy atom. The van der Waals surface area contributed by atoms with Crippen LogP contribution in [0.4, 0.5) is 18.9 Å². The lowest BCUT2D eigenvalue weighted by atomic mass is 9.77. The first-order chi connectivity index (χ1) is 11.6. The maximum Gasteiger partial charge on any atom is 0.416 e. The molecule has 0 unspecified atom stereocenters. The molecule has 0 radical (unpaired) electrons. The van der Waals surface area contributed by atoms with Crippen molar-refractivity contribution in [1.82, 2.24) is 0 Å². The average Bonchev–Trinajstić information content (AvgIpc) is 3.15. The van der Waals surface area contributed by atoms with Gasteiger partial charge in [-0.25, -0.2) is 0 Å². The van der Waals surface area contributed by atoms with Gasteiger partial charge in [0.05, 0.1) is 34.8 Å². The summed E-state index contributed by atoms with van der Waals surface area (Å²) >= 11 is 6.01. The van der Waals surface area contributed by atoms with Gasteiger partial charge in [-0.3, -0.25) is 9.59 Å². The minimum Gasteiger partial charge on any atom is -0.481 e. The van der Waals surface area contributed by atoms with E-state index in [0.717, 1.165) is 23.1 Å². The van der Waals surface area contributed by atoms with E-state index in [0.29, 0.717) is 0 Å². The number of amides is 1. The minimum atomic E-state index is -4.59. The second-order valence-electron chi connectivity index (χ2n) is 6.33. The number of carbonyl (C=O) groups excluding carboxylic acids is 1. The fraction of sp³-hybridized carbons (Fsp3) is 0.375. The van der Waals surface area contributed by atoms with Gasteiger partial charge >= 0.3 is 12.1 Å². The second kappa shape index (κ2) is 4.98. The zero-order valence-electron chi connectivity index (χ0n) is 12.5. The Morgan fingerprint density at radius 3 is 2.76 bits per heavy atom. The summed E-state index contributed by atoms with van der Waals surface area (Å²) in [7, 11) is 0. The number of rotatable bonds is 2. The summed E-state index contributed by atoms with van der Waals surface area (Å²) in [6.07, 6.45) is -2.08. The number of benzene rings is 1. The second-order valence-corrected chi connectivity index (χ2v) is 6.73. The van der Waals surface area contributed by atoms with E-state index in [9.17, 15) is 27.9 Å². The summed E-state index contributed by atoms with van der Waals surface area (Å²) in [5.41, 5.74) is -2.18. The van der Waals surface area contributed by atoms with Crippen molar-refractivity contribution in [1.29, 1.82) is 0 Å². The molecule has 1 N–H and O–H groups in total. The SMILES string of the molecule is O=C(O)[C@@H]1[C@H]2C=C[C@@]3(CN(c4cc(C(F)(F)F)ccc4Cl)C(=O)[C@@H]13)O2. The van der Waals surface area contributed by atoms with Crippen LogP contribution in [-0.4, -0.2) is 35.2 Å². The van der Waals surface area contributed by atoms with Crippen molar-refractivity contribution in [2.45, 2.75) is 17.9 Å². The summed E-state index contributed by atoms with van der Waals surface area (Å²) in [6.45, 7) is -0.0751. The van der Waals surface area contributed by atoms with E-state index in [1.165, 1.54) is 0 Å². The molecule has 0 aliphatic carbocycles. The van der Waals surface area contributed by atoms with Crippen molar-refractivity contribution in [3.8, 4) is 0 Å². The van der Waals surface area contributed by atoms with Gasteiger partial charge in [-0.05, 0) is 18.2 Å². The Kier molecular flexibility index (Phi) is 3.27. The fourth-order valence-electron chi connectivity index (χ4n) is 3.88. The molecule has 3 heterocycles. The molecule has 3 aliphatic rings. The number of hydrogen-bond acceptors (Lipinski definition) is 3. The quantitative estimate of drug-likeness (QED) is 0.809. The van der Waals surface area contributed by atoms with E-state index >= 15 is 0 Å². The number of carbonyl (C=O) groups is 2. The highest BCUT2D eigenvalue weighted by Gasteiger charge is 2.67. The van der Waals surface area contributed by atoms with Crippen LogP contribution in [0.1, 0.15) is 5.56 Å². The van der Waals surface area contributed by atoms with Crippen LogP contribution in [0, 0.1) is 11.8 Å². The first kappa shape index (κ1) is 16.4. The predicted molar refractivity (Wildman–Crippen MR) is 80.2 cm³/mol. The molecule has 2 fully saturated rings. The molecule has 9 heteroatoms. The third-order valence-electron chi connectivity index (χ3n) is 4.95. The monoisotopic (exact) mass is 373 g/mol. The van der Waals surface area contributed by atoms with Crippen molar-refractivity contribution in [3.63, 3.8) is 0 Å². The van der Waals surface area contributed by atoms with E-state index in [1.807, 2.05) is 0 Å². The topological polar surface area (TPSA) is 66.8 Å². The van der Waals surface area contributed by atoms with E-state index in [1.54, 1.807) is 12.2 Å². The first-order valence-electron chi connectivity index (χ1n) is 7.42. The largest absolute Gasteiger partial charge is 0.481 e. The third kappa shape index (κ3) is 2.20. The zero-order chi connectivity index (χ0) is 18.1. The van der Waals surface area contributed by atoms with Crippen LogP contribution in [-0.2, 0) is 20.5 Å². The standard InChI is InChI=1S/C16H11ClF3NO4/c17-8-2-1-7(16(18,19)20)5-9(8)21-6-15-4-3-10(25-15)11(14(23)24)12(15)13(21)22/h1-5,10-12H,6H2,(H,23,24)/t10-,11-,12-,15+/m1/s1. The first-order valence-corrected chi connectivity index (χ1v) is 7.80. The van der Waals surface area contributed by atoms with Gasteiger partial charge in [0.25, 0.3) is 0 Å². The fourth-order valence-corrected chi connectivity index (χ4v) is 4.10. The number of hydrogen-bond donors (Lipinski definition) is 1. The number of aliphatic carboxylic acids is 1. The highest BCUT2D eigenvalue weighted by atomic mass is 35.5. The van der Waals surface area contributed by atoms with Crippen molar-refractivity contribution in [2.24, 2.45) is 11.8 Å². The number of nitrogens with zero attached hydrogens (tertiary/aromatic N) is 1. The van der Waals surface area contributed by atoms with Crippen molar-refractivity contribution >= 4 is 29.2 Å². The van der Waals surface area contributed by atoms with Crippen molar-refractivity contribution in [3.05, 3.63) is 40.9 Å². The molecule has 5 nitrogen and oxygen atoms in total. The van der Waals surface area contributed by atoms with Gasteiger partial charge in [-0.1, -0.05) is 23.8 Å². The van der Waals surface area contributed by atoms with Crippen LogP contribution in [0.25, 0.3) is 0 Å².